The lowest BCUT2D eigenvalue weighted by molar-refractivity contribution is 0.0644. The highest BCUT2D eigenvalue weighted by Gasteiger charge is 2.35. The molecule has 23 heavy (non-hydrogen) atoms. The van der Waals surface area contributed by atoms with Gasteiger partial charge in [0.15, 0.2) is 0 Å². The van der Waals surface area contributed by atoms with Gasteiger partial charge in [-0.25, -0.2) is 0 Å². The summed E-state index contributed by atoms with van der Waals surface area (Å²) in [6.07, 6.45) is 0.448. The van der Waals surface area contributed by atoms with E-state index in [1.54, 1.807) is 42.5 Å². The van der Waals surface area contributed by atoms with Crippen molar-refractivity contribution in [3.63, 3.8) is 0 Å². The van der Waals surface area contributed by atoms with Crippen LogP contribution >= 0.6 is 23.2 Å². The van der Waals surface area contributed by atoms with Crippen LogP contribution < -0.4 is 5.73 Å². The van der Waals surface area contributed by atoms with Crippen LogP contribution in [0.15, 0.2) is 42.5 Å². The Hall–Kier alpha value is -1.88. The lowest BCUT2D eigenvalue weighted by Crippen LogP contribution is -2.41. The fraction of sp³-hybridized carbons (Fsp3) is 0.176. The summed E-state index contributed by atoms with van der Waals surface area (Å²) in [6.45, 7) is 0.144. The maximum Gasteiger partial charge on any atom is 0.261 e. The summed E-state index contributed by atoms with van der Waals surface area (Å²) in [5.74, 6) is -0.605. The number of hydrogen-bond acceptors (Lipinski definition) is 3. The van der Waals surface area contributed by atoms with E-state index in [4.69, 9.17) is 28.9 Å². The molecule has 0 saturated carbocycles. The van der Waals surface area contributed by atoms with Crippen molar-refractivity contribution in [1.82, 2.24) is 4.90 Å². The van der Waals surface area contributed by atoms with E-state index < -0.39 is 6.04 Å². The highest BCUT2D eigenvalue weighted by Crippen LogP contribution is 2.24. The third-order valence-corrected chi connectivity index (χ3v) is 4.38. The molecule has 0 saturated heterocycles. The Labute approximate surface area is 143 Å². The van der Waals surface area contributed by atoms with Crippen molar-refractivity contribution in [3.05, 3.63) is 69.2 Å². The van der Waals surface area contributed by atoms with E-state index in [0.717, 1.165) is 5.56 Å². The van der Waals surface area contributed by atoms with Crippen LogP contribution in [0.5, 0.6) is 0 Å². The average molecular weight is 349 g/mol. The molecule has 0 bridgehead atoms. The van der Waals surface area contributed by atoms with Gasteiger partial charge in [0.2, 0.25) is 0 Å². The zero-order chi connectivity index (χ0) is 16.6. The number of imide groups is 1. The number of nitrogens with zero attached hydrogens (tertiary/aromatic N) is 1. The molecule has 1 atom stereocenters. The van der Waals surface area contributed by atoms with Crippen molar-refractivity contribution >= 4 is 35.0 Å². The Bertz CT molecular complexity index is 757. The first-order chi connectivity index (χ1) is 11.0. The van der Waals surface area contributed by atoms with Crippen LogP contribution in [0.2, 0.25) is 10.0 Å². The molecule has 0 spiro atoms. The molecule has 0 radical (unpaired) electrons. The molecule has 1 aliphatic rings. The highest BCUT2D eigenvalue weighted by atomic mass is 35.5. The fourth-order valence-corrected chi connectivity index (χ4v) is 3.16. The standard InChI is InChI=1S/C17H14Cl2N2O2/c18-11-6-5-10(15(19)8-11)7-12(20)9-21-16(22)13-3-1-2-4-14(13)17(21)23/h1-6,8,12H,7,9,20H2/t12-/m1/s1. The number of carbonyl (C=O) groups is 2. The van der Waals surface area contributed by atoms with E-state index >= 15 is 0 Å². The van der Waals surface area contributed by atoms with Crippen molar-refractivity contribution in [2.24, 2.45) is 5.73 Å². The Kier molecular flexibility index (Phi) is 4.39. The first-order valence-electron chi connectivity index (χ1n) is 7.12. The molecular formula is C17H14Cl2N2O2. The van der Waals surface area contributed by atoms with Gasteiger partial charge in [-0.1, -0.05) is 41.4 Å². The zero-order valence-electron chi connectivity index (χ0n) is 12.1. The molecule has 6 heteroatoms. The normalized spacial score (nSPS) is 15.0. The molecule has 1 aliphatic heterocycles. The van der Waals surface area contributed by atoms with Crippen LogP contribution in [0.3, 0.4) is 0 Å². The lowest BCUT2D eigenvalue weighted by Gasteiger charge is -2.19. The number of benzene rings is 2. The fourth-order valence-electron chi connectivity index (χ4n) is 2.67. The number of halogens is 2. The number of carbonyl (C=O) groups excluding carboxylic acids is 2. The average Bonchev–Trinajstić information content (AvgIpc) is 2.76. The minimum absolute atomic E-state index is 0.144. The lowest BCUT2D eigenvalue weighted by atomic mass is 10.1. The molecule has 0 fully saturated rings. The van der Waals surface area contributed by atoms with Crippen molar-refractivity contribution in [3.8, 4) is 0 Å². The van der Waals surface area contributed by atoms with Gasteiger partial charge in [-0.2, -0.15) is 0 Å². The van der Waals surface area contributed by atoms with Crippen LogP contribution in [-0.2, 0) is 6.42 Å². The third-order valence-electron chi connectivity index (χ3n) is 3.79. The van der Waals surface area contributed by atoms with Crippen molar-refractivity contribution in [1.29, 1.82) is 0 Å². The Morgan fingerprint density at radius 1 is 1.00 bits per heavy atom. The molecule has 3 rings (SSSR count). The predicted molar refractivity (Wildman–Crippen MR) is 90.0 cm³/mol. The maximum atomic E-state index is 12.3. The molecule has 0 unspecified atom stereocenters. The number of amides is 2. The van der Waals surface area contributed by atoms with Gasteiger partial charge in [-0.15, -0.1) is 0 Å². The van der Waals surface area contributed by atoms with Gasteiger partial charge in [0.25, 0.3) is 11.8 Å². The van der Waals surface area contributed by atoms with Crippen LogP contribution in [0.25, 0.3) is 0 Å². The van der Waals surface area contributed by atoms with E-state index in [-0.39, 0.29) is 18.4 Å². The summed E-state index contributed by atoms with van der Waals surface area (Å²) < 4.78 is 0. The molecule has 2 N–H and O–H groups in total. The number of rotatable bonds is 4. The van der Waals surface area contributed by atoms with E-state index in [1.165, 1.54) is 4.90 Å². The van der Waals surface area contributed by atoms with Gasteiger partial charge in [0.1, 0.15) is 0 Å². The largest absolute Gasteiger partial charge is 0.326 e. The topological polar surface area (TPSA) is 63.4 Å². The van der Waals surface area contributed by atoms with E-state index in [1.807, 2.05) is 0 Å². The van der Waals surface area contributed by atoms with E-state index in [0.29, 0.717) is 27.6 Å². The second-order valence-electron chi connectivity index (χ2n) is 5.47. The summed E-state index contributed by atoms with van der Waals surface area (Å²) in [4.78, 5) is 25.8. The highest BCUT2D eigenvalue weighted by molar-refractivity contribution is 6.35. The van der Waals surface area contributed by atoms with E-state index in [9.17, 15) is 9.59 Å². The molecule has 4 nitrogen and oxygen atoms in total. The summed E-state index contributed by atoms with van der Waals surface area (Å²) >= 11 is 12.0. The summed E-state index contributed by atoms with van der Waals surface area (Å²) in [5, 5.41) is 1.07. The molecule has 2 aromatic rings. The van der Waals surface area contributed by atoms with Gasteiger partial charge >= 0.3 is 0 Å². The van der Waals surface area contributed by atoms with Crippen LogP contribution in [0.4, 0.5) is 0 Å². The van der Waals surface area contributed by atoms with Crippen molar-refractivity contribution in [2.45, 2.75) is 12.5 Å². The number of fused-ring (bicyclic) bond motifs is 1. The quantitative estimate of drug-likeness (QED) is 0.863. The summed E-state index contributed by atoms with van der Waals surface area (Å²) in [6, 6.07) is 11.5. The predicted octanol–water partition coefficient (Wildman–Crippen LogP) is 3.16. The number of nitrogens with two attached hydrogens (primary N) is 1. The smallest absolute Gasteiger partial charge is 0.261 e. The first-order valence-corrected chi connectivity index (χ1v) is 7.87. The summed E-state index contributed by atoms with van der Waals surface area (Å²) in [7, 11) is 0. The summed E-state index contributed by atoms with van der Waals surface area (Å²) in [5.41, 5.74) is 7.80. The van der Waals surface area contributed by atoms with E-state index in [2.05, 4.69) is 0 Å². The van der Waals surface area contributed by atoms with Gasteiger partial charge in [-0.3, -0.25) is 14.5 Å². The van der Waals surface area contributed by atoms with Crippen LogP contribution in [0, 0.1) is 0 Å². The minimum Gasteiger partial charge on any atom is -0.326 e. The molecule has 118 valence electrons. The monoisotopic (exact) mass is 348 g/mol. The number of hydrogen-bond donors (Lipinski definition) is 1. The third kappa shape index (κ3) is 3.11. The Morgan fingerprint density at radius 3 is 2.17 bits per heavy atom. The van der Waals surface area contributed by atoms with Gasteiger partial charge in [0, 0.05) is 22.6 Å². The second-order valence-corrected chi connectivity index (χ2v) is 6.31. The molecule has 2 amide bonds. The molecule has 1 heterocycles. The molecule has 0 aromatic heterocycles. The van der Waals surface area contributed by atoms with Crippen molar-refractivity contribution in [2.75, 3.05) is 6.54 Å². The van der Waals surface area contributed by atoms with Gasteiger partial charge < -0.3 is 5.73 Å². The molecule has 2 aromatic carbocycles. The van der Waals surface area contributed by atoms with Gasteiger partial charge in [-0.05, 0) is 36.2 Å². The van der Waals surface area contributed by atoms with Crippen molar-refractivity contribution < 1.29 is 9.59 Å². The molecular weight excluding hydrogens is 335 g/mol. The van der Waals surface area contributed by atoms with Gasteiger partial charge in [0.05, 0.1) is 11.1 Å². The minimum atomic E-state index is -0.407. The maximum absolute atomic E-state index is 12.3. The second kappa shape index (κ2) is 6.32. The Balaban J connectivity index is 1.73. The Morgan fingerprint density at radius 2 is 1.61 bits per heavy atom. The molecule has 0 aliphatic carbocycles. The van der Waals surface area contributed by atoms with Crippen LogP contribution in [0.1, 0.15) is 26.3 Å². The SMILES string of the molecule is N[C@H](Cc1ccc(Cl)cc1Cl)CN1C(=O)c2ccccc2C1=O. The van der Waals surface area contributed by atoms with Crippen LogP contribution in [-0.4, -0.2) is 29.3 Å². The zero-order valence-corrected chi connectivity index (χ0v) is 13.6. The first kappa shape index (κ1) is 16.0.